The van der Waals surface area contributed by atoms with E-state index in [1.807, 2.05) is 0 Å². The molecule has 0 saturated carbocycles. The zero-order valence-electron chi connectivity index (χ0n) is 17.2. The Balaban J connectivity index is 1.75. The minimum atomic E-state index is -1.74. The SMILES string of the molecule is C[PH]1(c2ccccc2)Cc2ccc3ccccc3c2-c2c(ccc3ccccc23)C1. The quantitative estimate of drug-likeness (QED) is 0.256. The Bertz CT molecular complexity index is 1310. The first-order valence-electron chi connectivity index (χ1n) is 10.8. The number of rotatable bonds is 1. The topological polar surface area (TPSA) is 0 Å². The molecular formula is C29H25P. The van der Waals surface area contributed by atoms with Crippen LogP contribution in [0.15, 0.2) is 103 Å². The van der Waals surface area contributed by atoms with Gasteiger partial charge in [0.1, 0.15) is 0 Å². The number of hydrogen-bond donors (Lipinski definition) is 0. The average molecular weight is 404 g/mol. The molecule has 0 spiro atoms. The maximum absolute atomic E-state index is 2.57. The molecule has 1 heteroatoms. The first kappa shape index (κ1) is 17.9. The van der Waals surface area contributed by atoms with Gasteiger partial charge in [-0.3, -0.25) is 0 Å². The first-order valence-corrected chi connectivity index (χ1v) is 13.7. The molecule has 0 amide bonds. The van der Waals surface area contributed by atoms with Crippen molar-refractivity contribution in [1.82, 2.24) is 0 Å². The molecule has 0 N–H and O–H groups in total. The van der Waals surface area contributed by atoms with E-state index in [0.29, 0.717) is 0 Å². The second-order valence-electron chi connectivity index (χ2n) is 8.92. The number of fused-ring (bicyclic) bond motifs is 7. The van der Waals surface area contributed by atoms with E-state index in [9.17, 15) is 0 Å². The summed E-state index contributed by atoms with van der Waals surface area (Å²) in [5.74, 6) is 0. The zero-order chi connectivity index (χ0) is 20.1. The van der Waals surface area contributed by atoms with Crippen LogP contribution in [0.5, 0.6) is 0 Å². The van der Waals surface area contributed by atoms with Gasteiger partial charge in [-0.05, 0) is 0 Å². The fourth-order valence-corrected chi connectivity index (χ4v) is 9.27. The summed E-state index contributed by atoms with van der Waals surface area (Å²) >= 11 is 0. The van der Waals surface area contributed by atoms with Crippen LogP contribution in [0.25, 0.3) is 32.7 Å². The molecule has 0 saturated heterocycles. The van der Waals surface area contributed by atoms with Crippen molar-refractivity contribution in [2.24, 2.45) is 0 Å². The normalized spacial score (nSPS) is 15.9. The van der Waals surface area contributed by atoms with Crippen LogP contribution in [0.1, 0.15) is 11.1 Å². The van der Waals surface area contributed by atoms with Crippen molar-refractivity contribution >= 4 is 34.1 Å². The summed E-state index contributed by atoms with van der Waals surface area (Å²) in [5.41, 5.74) is 5.96. The summed E-state index contributed by atoms with van der Waals surface area (Å²) in [7, 11) is -1.74. The Labute approximate surface area is 178 Å². The van der Waals surface area contributed by atoms with Gasteiger partial charge < -0.3 is 0 Å². The third kappa shape index (κ3) is 2.72. The summed E-state index contributed by atoms with van der Waals surface area (Å²) in [5, 5.41) is 7.00. The van der Waals surface area contributed by atoms with Gasteiger partial charge in [-0.25, -0.2) is 0 Å². The van der Waals surface area contributed by atoms with Gasteiger partial charge in [0.15, 0.2) is 0 Å². The summed E-state index contributed by atoms with van der Waals surface area (Å²) in [6.07, 6.45) is 2.36. The molecule has 5 aromatic carbocycles. The minimum absolute atomic E-state index is 1.18. The van der Waals surface area contributed by atoms with Gasteiger partial charge in [0.05, 0.1) is 0 Å². The van der Waals surface area contributed by atoms with E-state index in [4.69, 9.17) is 0 Å². The number of benzene rings is 5. The molecule has 0 bridgehead atoms. The molecule has 0 nitrogen and oxygen atoms in total. The summed E-state index contributed by atoms with van der Waals surface area (Å²) in [6, 6.07) is 38.5. The Morgan fingerprint density at radius 3 is 1.50 bits per heavy atom. The Morgan fingerprint density at radius 1 is 0.500 bits per heavy atom. The van der Waals surface area contributed by atoms with Crippen LogP contribution in [-0.2, 0) is 12.3 Å². The van der Waals surface area contributed by atoms with Gasteiger partial charge in [-0.2, -0.15) is 0 Å². The molecular weight excluding hydrogens is 379 g/mol. The molecule has 0 aromatic heterocycles. The Morgan fingerprint density at radius 2 is 0.967 bits per heavy atom. The molecule has 0 fully saturated rings. The second-order valence-corrected chi connectivity index (χ2v) is 13.3. The number of hydrogen-bond acceptors (Lipinski definition) is 0. The Kier molecular flexibility index (Phi) is 4.05. The first-order chi connectivity index (χ1) is 14.7. The van der Waals surface area contributed by atoms with E-state index < -0.39 is 7.26 Å². The van der Waals surface area contributed by atoms with Crippen molar-refractivity contribution in [2.75, 3.05) is 6.66 Å². The molecule has 146 valence electrons. The van der Waals surface area contributed by atoms with Crippen LogP contribution in [0.2, 0.25) is 0 Å². The molecule has 1 aliphatic rings. The maximum atomic E-state index is 2.57. The monoisotopic (exact) mass is 404 g/mol. The summed E-state index contributed by atoms with van der Waals surface area (Å²) in [6.45, 7) is 2.57. The Hall–Kier alpha value is -2.95. The predicted molar refractivity (Wildman–Crippen MR) is 135 cm³/mol. The van der Waals surface area contributed by atoms with Crippen molar-refractivity contribution in [2.45, 2.75) is 12.3 Å². The van der Waals surface area contributed by atoms with Gasteiger partial charge in [-0.15, -0.1) is 0 Å². The predicted octanol–water partition coefficient (Wildman–Crippen LogP) is 7.38. The van der Waals surface area contributed by atoms with Gasteiger partial charge in [0.25, 0.3) is 0 Å². The van der Waals surface area contributed by atoms with Crippen molar-refractivity contribution in [3.05, 3.63) is 114 Å². The molecule has 1 heterocycles. The molecule has 6 rings (SSSR count). The van der Waals surface area contributed by atoms with E-state index in [1.165, 1.54) is 56.1 Å². The van der Waals surface area contributed by atoms with E-state index in [0.717, 1.165) is 0 Å². The zero-order valence-corrected chi connectivity index (χ0v) is 18.2. The third-order valence-corrected chi connectivity index (χ3v) is 11.0. The van der Waals surface area contributed by atoms with E-state index in [1.54, 1.807) is 5.30 Å². The molecule has 5 aromatic rings. The molecule has 0 unspecified atom stereocenters. The van der Waals surface area contributed by atoms with E-state index >= 15 is 0 Å². The molecule has 30 heavy (non-hydrogen) atoms. The van der Waals surface area contributed by atoms with Crippen LogP contribution in [0.3, 0.4) is 0 Å². The standard InChI is InChI=1S/C29H25P/c1-30(25-11-3-2-4-12-25)19-23-17-15-21-9-5-7-13-26(21)28(23)29-24(20-30)18-16-22-10-6-8-14-27(22)29/h2-18,30H,19-20H2,1H3. The fourth-order valence-electron chi connectivity index (χ4n) is 5.47. The summed E-state index contributed by atoms with van der Waals surface area (Å²) < 4.78 is 0. The van der Waals surface area contributed by atoms with Gasteiger partial charge in [-0.1, -0.05) is 0 Å². The van der Waals surface area contributed by atoms with E-state index in [-0.39, 0.29) is 0 Å². The van der Waals surface area contributed by atoms with Crippen LogP contribution in [-0.4, -0.2) is 6.66 Å². The van der Waals surface area contributed by atoms with Crippen LogP contribution < -0.4 is 5.30 Å². The average Bonchev–Trinajstić information content (AvgIpc) is 2.94. The van der Waals surface area contributed by atoms with E-state index in [2.05, 4.69) is 110 Å². The van der Waals surface area contributed by atoms with Gasteiger partial charge in [0, 0.05) is 0 Å². The van der Waals surface area contributed by atoms with Crippen molar-refractivity contribution in [3.63, 3.8) is 0 Å². The van der Waals surface area contributed by atoms with Crippen LogP contribution in [0, 0.1) is 0 Å². The molecule has 1 aliphatic heterocycles. The van der Waals surface area contributed by atoms with Crippen LogP contribution in [0.4, 0.5) is 0 Å². The molecule has 0 aliphatic carbocycles. The fraction of sp³-hybridized carbons (Fsp3) is 0.103. The van der Waals surface area contributed by atoms with Crippen molar-refractivity contribution in [1.29, 1.82) is 0 Å². The van der Waals surface area contributed by atoms with Gasteiger partial charge >= 0.3 is 178 Å². The molecule has 0 atom stereocenters. The third-order valence-electron chi connectivity index (χ3n) is 6.91. The van der Waals surface area contributed by atoms with Gasteiger partial charge in [0.2, 0.25) is 0 Å². The van der Waals surface area contributed by atoms with Crippen molar-refractivity contribution < 1.29 is 0 Å². The molecule has 0 radical (unpaired) electrons. The van der Waals surface area contributed by atoms with Crippen LogP contribution >= 0.6 is 7.26 Å². The second kappa shape index (κ2) is 6.79. The van der Waals surface area contributed by atoms with Crippen molar-refractivity contribution in [3.8, 4) is 11.1 Å². The summed E-state index contributed by atoms with van der Waals surface area (Å²) in [4.78, 5) is 0.